The van der Waals surface area contributed by atoms with Crippen LogP contribution in [0.4, 0.5) is 0 Å². The van der Waals surface area contributed by atoms with Crippen LogP contribution in [0, 0.1) is 13.8 Å². The maximum absolute atomic E-state index is 11.3. The molecule has 0 fully saturated rings. The summed E-state index contributed by atoms with van der Waals surface area (Å²) in [5, 5.41) is 4.57. The Bertz CT molecular complexity index is 791. The van der Waals surface area contributed by atoms with Crippen LogP contribution in [-0.4, -0.2) is 21.1 Å². The first kappa shape index (κ1) is 13.2. The molecule has 21 heavy (non-hydrogen) atoms. The number of hydrogen-bond acceptors (Lipinski definition) is 3. The molecule has 2 aromatic heterocycles. The van der Waals surface area contributed by atoms with Gasteiger partial charge >= 0.3 is 0 Å². The smallest absolute Gasteiger partial charge is 0.153 e. The predicted molar refractivity (Wildman–Crippen MR) is 81.7 cm³/mol. The number of benzene rings is 1. The highest BCUT2D eigenvalue weighted by Gasteiger charge is 2.12. The van der Waals surface area contributed by atoms with E-state index in [-0.39, 0.29) is 0 Å². The van der Waals surface area contributed by atoms with Gasteiger partial charge in [-0.05, 0) is 37.6 Å². The van der Waals surface area contributed by atoms with Crippen molar-refractivity contribution in [3.05, 3.63) is 65.6 Å². The van der Waals surface area contributed by atoms with Crippen molar-refractivity contribution in [3.63, 3.8) is 0 Å². The molecule has 0 aliphatic rings. The van der Waals surface area contributed by atoms with Crippen molar-refractivity contribution in [1.29, 1.82) is 0 Å². The fourth-order valence-electron chi connectivity index (χ4n) is 2.39. The Labute approximate surface area is 123 Å². The topological polar surface area (TPSA) is 47.8 Å². The van der Waals surface area contributed by atoms with Crippen molar-refractivity contribution in [3.8, 4) is 16.9 Å². The molecule has 0 spiro atoms. The Hall–Kier alpha value is -2.75. The van der Waals surface area contributed by atoms with E-state index in [9.17, 15) is 4.79 Å². The Morgan fingerprint density at radius 3 is 2.52 bits per heavy atom. The molecule has 2 heterocycles. The highest BCUT2D eigenvalue weighted by Crippen LogP contribution is 2.23. The zero-order valence-electron chi connectivity index (χ0n) is 11.9. The van der Waals surface area contributed by atoms with Gasteiger partial charge in [0.05, 0.1) is 11.3 Å². The largest absolute Gasteiger partial charge is 0.298 e. The monoisotopic (exact) mass is 277 g/mol. The Morgan fingerprint density at radius 2 is 1.86 bits per heavy atom. The van der Waals surface area contributed by atoms with Gasteiger partial charge in [-0.2, -0.15) is 5.10 Å². The van der Waals surface area contributed by atoms with Crippen LogP contribution in [0.5, 0.6) is 0 Å². The van der Waals surface area contributed by atoms with Crippen LogP contribution >= 0.6 is 0 Å². The maximum atomic E-state index is 11.3. The molecular formula is C17H15N3O. The fraction of sp³-hybridized carbons (Fsp3) is 0.118. The van der Waals surface area contributed by atoms with Gasteiger partial charge in [0.25, 0.3) is 0 Å². The fourth-order valence-corrected chi connectivity index (χ4v) is 2.39. The minimum Gasteiger partial charge on any atom is -0.298 e. The molecule has 0 amide bonds. The lowest BCUT2D eigenvalue weighted by atomic mass is 10.1. The molecule has 0 saturated heterocycles. The van der Waals surface area contributed by atoms with Crippen LogP contribution in [0.2, 0.25) is 0 Å². The van der Waals surface area contributed by atoms with Crippen molar-refractivity contribution in [2.45, 2.75) is 13.8 Å². The van der Waals surface area contributed by atoms with Crippen molar-refractivity contribution in [2.24, 2.45) is 0 Å². The molecule has 0 aliphatic heterocycles. The lowest BCUT2D eigenvalue weighted by Gasteiger charge is -2.06. The first-order valence-corrected chi connectivity index (χ1v) is 6.72. The first-order valence-electron chi connectivity index (χ1n) is 6.72. The summed E-state index contributed by atoms with van der Waals surface area (Å²) in [5.74, 6) is 0. The van der Waals surface area contributed by atoms with E-state index in [0.717, 1.165) is 23.1 Å². The molecule has 3 rings (SSSR count). The summed E-state index contributed by atoms with van der Waals surface area (Å²) in [6.07, 6.45) is 5.99. The van der Waals surface area contributed by atoms with Crippen LogP contribution in [-0.2, 0) is 0 Å². The number of aldehydes is 1. The molecule has 0 radical (unpaired) electrons. The average Bonchev–Trinajstić information content (AvgIpc) is 2.92. The van der Waals surface area contributed by atoms with Gasteiger partial charge in [-0.3, -0.25) is 9.78 Å². The Balaban J connectivity index is 2.14. The van der Waals surface area contributed by atoms with E-state index < -0.39 is 0 Å². The highest BCUT2D eigenvalue weighted by molar-refractivity contribution is 5.85. The van der Waals surface area contributed by atoms with Crippen LogP contribution in [0.3, 0.4) is 0 Å². The van der Waals surface area contributed by atoms with Crippen LogP contribution in [0.15, 0.2) is 48.9 Å². The standard InChI is InChI=1S/C17H15N3O/c1-12-3-4-16(13(2)9-12)20-10-15(11-21)17(19-20)14-5-7-18-8-6-14/h3-11H,1-2H3. The van der Waals surface area contributed by atoms with Gasteiger partial charge in [0.1, 0.15) is 5.69 Å². The number of aromatic nitrogens is 3. The summed E-state index contributed by atoms with van der Waals surface area (Å²) in [6, 6.07) is 9.85. The Morgan fingerprint density at radius 1 is 1.10 bits per heavy atom. The number of carbonyl (C=O) groups is 1. The van der Waals surface area contributed by atoms with Gasteiger partial charge in [0.15, 0.2) is 6.29 Å². The van der Waals surface area contributed by atoms with Crippen LogP contribution in [0.25, 0.3) is 16.9 Å². The molecule has 104 valence electrons. The molecule has 0 bridgehead atoms. The molecule has 0 saturated carbocycles. The molecule has 1 aromatic carbocycles. The van der Waals surface area contributed by atoms with E-state index in [4.69, 9.17) is 0 Å². The van der Waals surface area contributed by atoms with E-state index in [1.54, 1.807) is 23.3 Å². The molecule has 0 atom stereocenters. The zero-order chi connectivity index (χ0) is 14.8. The molecule has 0 aliphatic carbocycles. The molecule has 0 N–H and O–H groups in total. The lowest BCUT2D eigenvalue weighted by Crippen LogP contribution is -1.98. The minimum atomic E-state index is 0.571. The summed E-state index contributed by atoms with van der Waals surface area (Å²) >= 11 is 0. The quantitative estimate of drug-likeness (QED) is 0.690. The summed E-state index contributed by atoms with van der Waals surface area (Å²) in [6.45, 7) is 4.09. The first-order chi connectivity index (χ1) is 10.2. The number of pyridine rings is 1. The van der Waals surface area contributed by atoms with Crippen LogP contribution in [0.1, 0.15) is 21.5 Å². The highest BCUT2D eigenvalue weighted by atomic mass is 16.1. The second kappa shape index (κ2) is 5.32. The van der Waals surface area contributed by atoms with Gasteiger partial charge in [-0.25, -0.2) is 4.68 Å². The van der Waals surface area contributed by atoms with Crippen molar-refractivity contribution < 1.29 is 4.79 Å². The van der Waals surface area contributed by atoms with E-state index in [1.807, 2.05) is 31.2 Å². The summed E-state index contributed by atoms with van der Waals surface area (Å²) in [7, 11) is 0. The summed E-state index contributed by atoms with van der Waals surface area (Å²) in [5.41, 5.74) is 5.43. The SMILES string of the molecule is Cc1ccc(-n2cc(C=O)c(-c3ccncc3)n2)c(C)c1. The summed E-state index contributed by atoms with van der Waals surface area (Å²) < 4.78 is 1.76. The van der Waals surface area contributed by atoms with Gasteiger partial charge < -0.3 is 0 Å². The summed E-state index contributed by atoms with van der Waals surface area (Å²) in [4.78, 5) is 15.3. The second-order valence-corrected chi connectivity index (χ2v) is 5.02. The van der Waals surface area contributed by atoms with Gasteiger partial charge in [0.2, 0.25) is 0 Å². The van der Waals surface area contributed by atoms with E-state index in [1.165, 1.54) is 5.56 Å². The number of carbonyl (C=O) groups excluding carboxylic acids is 1. The van der Waals surface area contributed by atoms with E-state index in [2.05, 4.69) is 23.1 Å². The number of nitrogens with zero attached hydrogens (tertiary/aromatic N) is 3. The number of rotatable bonds is 3. The van der Waals surface area contributed by atoms with Gasteiger partial charge in [-0.15, -0.1) is 0 Å². The molecule has 4 heteroatoms. The molecule has 3 aromatic rings. The Kier molecular flexibility index (Phi) is 3.36. The van der Waals surface area contributed by atoms with Crippen molar-refractivity contribution in [1.82, 2.24) is 14.8 Å². The normalized spacial score (nSPS) is 10.6. The number of aryl methyl sites for hydroxylation is 2. The van der Waals surface area contributed by atoms with E-state index in [0.29, 0.717) is 11.3 Å². The van der Waals surface area contributed by atoms with E-state index >= 15 is 0 Å². The van der Waals surface area contributed by atoms with Crippen LogP contribution < -0.4 is 0 Å². The van der Waals surface area contributed by atoms with Crippen molar-refractivity contribution in [2.75, 3.05) is 0 Å². The predicted octanol–water partition coefficient (Wildman–Crippen LogP) is 3.36. The third-order valence-electron chi connectivity index (χ3n) is 3.42. The van der Waals surface area contributed by atoms with Gasteiger partial charge in [0, 0.05) is 24.2 Å². The average molecular weight is 277 g/mol. The third-order valence-corrected chi connectivity index (χ3v) is 3.42. The minimum absolute atomic E-state index is 0.571. The van der Waals surface area contributed by atoms with Crippen molar-refractivity contribution >= 4 is 6.29 Å². The second-order valence-electron chi connectivity index (χ2n) is 5.02. The third kappa shape index (κ3) is 2.48. The lowest BCUT2D eigenvalue weighted by molar-refractivity contribution is 0.112. The van der Waals surface area contributed by atoms with Gasteiger partial charge in [-0.1, -0.05) is 17.7 Å². The molecular weight excluding hydrogens is 262 g/mol. The molecule has 0 unspecified atom stereocenters. The zero-order valence-corrected chi connectivity index (χ0v) is 11.9. The number of hydrogen-bond donors (Lipinski definition) is 0. The molecule has 4 nitrogen and oxygen atoms in total. The maximum Gasteiger partial charge on any atom is 0.153 e.